The molecule has 0 spiro atoms. The molecule has 0 heterocycles. The Labute approximate surface area is 167 Å². The summed E-state index contributed by atoms with van der Waals surface area (Å²) in [5, 5.41) is 27.9. The van der Waals surface area contributed by atoms with E-state index in [-0.39, 0.29) is 16.9 Å². The van der Waals surface area contributed by atoms with Crippen LogP contribution >= 0.6 is 0 Å². The summed E-state index contributed by atoms with van der Waals surface area (Å²) in [4.78, 5) is 0. The van der Waals surface area contributed by atoms with Gasteiger partial charge in [-0.15, -0.1) is 0 Å². The summed E-state index contributed by atoms with van der Waals surface area (Å²) >= 11 is 0. The molecular weight excluding hydrogens is 348 g/mol. The van der Waals surface area contributed by atoms with Crippen LogP contribution in [0, 0.1) is 0 Å². The van der Waals surface area contributed by atoms with Gasteiger partial charge in [-0.25, -0.2) is 0 Å². The van der Waals surface area contributed by atoms with Gasteiger partial charge in [-0.3, -0.25) is 0 Å². The SMILES string of the molecule is CC(C)(c1ccc(O)cc1)c1ccc(O)cc1.CCCCc1ccccc1O. The number of hydrogen-bond donors (Lipinski definition) is 3. The van der Waals surface area contributed by atoms with E-state index in [9.17, 15) is 15.3 Å². The number of phenols is 3. The first-order chi connectivity index (χ1) is 13.3. The minimum absolute atomic E-state index is 0.151. The molecule has 0 bridgehead atoms. The minimum Gasteiger partial charge on any atom is -0.508 e. The van der Waals surface area contributed by atoms with E-state index >= 15 is 0 Å². The van der Waals surface area contributed by atoms with Crippen molar-refractivity contribution in [2.24, 2.45) is 0 Å². The zero-order chi connectivity index (χ0) is 20.6. The maximum Gasteiger partial charge on any atom is 0.118 e. The Morgan fingerprint density at radius 1 is 0.679 bits per heavy atom. The third kappa shape index (κ3) is 5.78. The van der Waals surface area contributed by atoms with Gasteiger partial charge in [-0.1, -0.05) is 69.7 Å². The van der Waals surface area contributed by atoms with Crippen molar-refractivity contribution < 1.29 is 15.3 Å². The van der Waals surface area contributed by atoms with Crippen molar-refractivity contribution >= 4 is 0 Å². The van der Waals surface area contributed by atoms with Crippen molar-refractivity contribution in [1.82, 2.24) is 0 Å². The molecule has 0 fully saturated rings. The molecule has 0 aliphatic rings. The zero-order valence-corrected chi connectivity index (χ0v) is 16.9. The first kappa shape index (κ1) is 21.4. The van der Waals surface area contributed by atoms with Crippen LogP contribution in [-0.4, -0.2) is 15.3 Å². The summed E-state index contributed by atoms with van der Waals surface area (Å²) in [5.74, 6) is 0.978. The van der Waals surface area contributed by atoms with Gasteiger partial charge in [0.25, 0.3) is 0 Å². The number of hydrogen-bond acceptors (Lipinski definition) is 3. The van der Waals surface area contributed by atoms with E-state index < -0.39 is 0 Å². The van der Waals surface area contributed by atoms with E-state index in [1.807, 2.05) is 42.5 Å². The van der Waals surface area contributed by atoms with Gasteiger partial charge in [0.05, 0.1) is 0 Å². The fraction of sp³-hybridized carbons (Fsp3) is 0.280. The lowest BCUT2D eigenvalue weighted by molar-refractivity contribution is 0.467. The summed E-state index contributed by atoms with van der Waals surface area (Å²) in [5.41, 5.74) is 3.16. The smallest absolute Gasteiger partial charge is 0.118 e. The van der Waals surface area contributed by atoms with Crippen LogP contribution in [0.25, 0.3) is 0 Å². The van der Waals surface area contributed by atoms with E-state index in [4.69, 9.17) is 0 Å². The average molecular weight is 379 g/mol. The number of phenolic OH excluding ortho intramolecular Hbond substituents is 3. The lowest BCUT2D eigenvalue weighted by atomic mass is 9.78. The molecule has 3 aromatic rings. The van der Waals surface area contributed by atoms with Crippen molar-refractivity contribution in [1.29, 1.82) is 0 Å². The van der Waals surface area contributed by atoms with Crippen molar-refractivity contribution in [3.8, 4) is 17.2 Å². The van der Waals surface area contributed by atoms with E-state index in [1.54, 1.807) is 30.3 Å². The first-order valence-corrected chi connectivity index (χ1v) is 9.70. The van der Waals surface area contributed by atoms with Crippen molar-refractivity contribution in [3.63, 3.8) is 0 Å². The Hall–Kier alpha value is -2.94. The van der Waals surface area contributed by atoms with Crippen LogP contribution in [0.3, 0.4) is 0 Å². The summed E-state index contributed by atoms with van der Waals surface area (Å²) in [6.45, 7) is 6.39. The number of aryl methyl sites for hydroxylation is 1. The lowest BCUT2D eigenvalue weighted by Crippen LogP contribution is -2.18. The normalized spacial score (nSPS) is 10.8. The summed E-state index contributed by atoms with van der Waals surface area (Å²) in [7, 11) is 0. The van der Waals surface area contributed by atoms with Crippen LogP contribution in [-0.2, 0) is 11.8 Å². The molecule has 148 valence electrons. The molecule has 0 unspecified atom stereocenters. The number of benzene rings is 3. The highest BCUT2D eigenvalue weighted by Crippen LogP contribution is 2.32. The van der Waals surface area contributed by atoms with Gasteiger partial charge >= 0.3 is 0 Å². The highest BCUT2D eigenvalue weighted by atomic mass is 16.3. The van der Waals surface area contributed by atoms with Crippen molar-refractivity contribution in [2.75, 3.05) is 0 Å². The van der Waals surface area contributed by atoms with E-state index in [2.05, 4.69) is 20.8 Å². The molecule has 3 rings (SSSR count). The Morgan fingerprint density at radius 2 is 1.14 bits per heavy atom. The van der Waals surface area contributed by atoms with Crippen LogP contribution in [0.2, 0.25) is 0 Å². The molecule has 0 radical (unpaired) electrons. The van der Waals surface area contributed by atoms with Crippen molar-refractivity contribution in [3.05, 3.63) is 89.5 Å². The van der Waals surface area contributed by atoms with Crippen LogP contribution in [0.4, 0.5) is 0 Å². The highest BCUT2D eigenvalue weighted by Gasteiger charge is 2.22. The molecule has 0 aliphatic heterocycles. The van der Waals surface area contributed by atoms with Gasteiger partial charge in [0.1, 0.15) is 17.2 Å². The number of aromatic hydroxyl groups is 3. The monoisotopic (exact) mass is 378 g/mol. The second-order valence-electron chi connectivity index (χ2n) is 7.45. The number of unbranched alkanes of at least 4 members (excludes halogenated alkanes) is 1. The van der Waals surface area contributed by atoms with Gasteiger partial charge in [0.15, 0.2) is 0 Å². The summed E-state index contributed by atoms with van der Waals surface area (Å²) < 4.78 is 0. The largest absolute Gasteiger partial charge is 0.508 e. The molecule has 0 saturated carbocycles. The molecule has 3 nitrogen and oxygen atoms in total. The number of rotatable bonds is 5. The van der Waals surface area contributed by atoms with Crippen LogP contribution < -0.4 is 0 Å². The summed E-state index contributed by atoms with van der Waals surface area (Å²) in [6, 6.07) is 22.0. The molecule has 0 aromatic heterocycles. The third-order valence-electron chi connectivity index (χ3n) is 4.97. The molecule has 28 heavy (non-hydrogen) atoms. The van der Waals surface area contributed by atoms with Crippen molar-refractivity contribution in [2.45, 2.75) is 45.4 Å². The fourth-order valence-corrected chi connectivity index (χ4v) is 3.01. The molecule has 0 amide bonds. The lowest BCUT2D eigenvalue weighted by Gasteiger charge is -2.26. The molecule has 3 heteroatoms. The standard InChI is InChI=1S/C15H16O2.C10H14O/c1-15(2,11-3-7-13(16)8-4-11)12-5-9-14(17)10-6-12;1-2-3-6-9-7-4-5-8-10(9)11/h3-10,16-17H,1-2H3;4-5,7-8,11H,2-3,6H2,1H3. The van der Waals surface area contributed by atoms with Crippen LogP contribution in [0.5, 0.6) is 17.2 Å². The predicted molar refractivity (Wildman–Crippen MR) is 115 cm³/mol. The second kappa shape index (κ2) is 9.84. The van der Waals surface area contributed by atoms with Gasteiger partial charge < -0.3 is 15.3 Å². The minimum atomic E-state index is -0.151. The third-order valence-corrected chi connectivity index (χ3v) is 4.97. The average Bonchev–Trinajstić information content (AvgIpc) is 2.69. The van der Waals surface area contributed by atoms with Crippen LogP contribution in [0.15, 0.2) is 72.8 Å². The summed E-state index contributed by atoms with van der Waals surface area (Å²) in [6.07, 6.45) is 3.31. The molecule has 0 aliphatic carbocycles. The maximum absolute atomic E-state index is 9.34. The molecule has 3 aromatic carbocycles. The maximum atomic E-state index is 9.34. The van der Waals surface area contributed by atoms with E-state index in [1.165, 1.54) is 6.42 Å². The molecular formula is C25H30O3. The number of para-hydroxylation sites is 1. The molecule has 0 saturated heterocycles. The topological polar surface area (TPSA) is 60.7 Å². The Bertz CT molecular complexity index is 802. The quantitative estimate of drug-likeness (QED) is 0.498. The predicted octanol–water partition coefficient (Wildman–Crippen LogP) is 6.16. The Kier molecular flexibility index (Phi) is 7.51. The molecule has 0 atom stereocenters. The highest BCUT2D eigenvalue weighted by molar-refractivity contribution is 5.41. The zero-order valence-electron chi connectivity index (χ0n) is 16.9. The Morgan fingerprint density at radius 3 is 1.57 bits per heavy atom. The fourth-order valence-electron chi connectivity index (χ4n) is 3.01. The first-order valence-electron chi connectivity index (χ1n) is 9.70. The van der Waals surface area contributed by atoms with E-state index in [0.717, 1.165) is 29.5 Å². The van der Waals surface area contributed by atoms with Gasteiger partial charge in [0.2, 0.25) is 0 Å². The molecule has 3 N–H and O–H groups in total. The Balaban J connectivity index is 0.000000221. The van der Waals surface area contributed by atoms with Gasteiger partial charge in [-0.05, 0) is 59.9 Å². The van der Waals surface area contributed by atoms with Gasteiger partial charge in [0, 0.05) is 5.41 Å². The second-order valence-corrected chi connectivity index (χ2v) is 7.45. The van der Waals surface area contributed by atoms with Crippen LogP contribution in [0.1, 0.15) is 50.3 Å². The van der Waals surface area contributed by atoms with E-state index in [0.29, 0.717) is 5.75 Å². The van der Waals surface area contributed by atoms with Gasteiger partial charge in [-0.2, -0.15) is 0 Å².